The molecule has 1 N–H and O–H groups in total. The van der Waals surface area contributed by atoms with Crippen LogP contribution in [0.3, 0.4) is 0 Å². The molecule has 1 amide bonds. The van der Waals surface area contributed by atoms with E-state index in [1.807, 2.05) is 66.9 Å². The van der Waals surface area contributed by atoms with Crippen LogP contribution in [0.25, 0.3) is 17.0 Å². The van der Waals surface area contributed by atoms with Crippen LogP contribution in [0.2, 0.25) is 0 Å². The number of rotatable bonds is 6. The van der Waals surface area contributed by atoms with Crippen molar-refractivity contribution in [2.24, 2.45) is 0 Å². The Balaban J connectivity index is 1.64. The molecular weight excluding hydrogens is 382 g/mol. The molecule has 1 heterocycles. The molecule has 0 aliphatic rings. The van der Waals surface area contributed by atoms with Gasteiger partial charge in [0.05, 0.1) is 0 Å². The molecule has 31 heavy (non-hydrogen) atoms. The third-order valence-corrected chi connectivity index (χ3v) is 5.30. The Morgan fingerprint density at radius 2 is 1.68 bits per heavy atom. The second kappa shape index (κ2) is 9.15. The van der Waals surface area contributed by atoms with E-state index in [0.29, 0.717) is 12.2 Å². The summed E-state index contributed by atoms with van der Waals surface area (Å²) in [5.41, 5.74) is 5.04. The first-order valence-corrected chi connectivity index (χ1v) is 10.3. The topological polar surface area (TPSA) is 57.8 Å². The number of para-hydroxylation sites is 1. The van der Waals surface area contributed by atoms with E-state index in [4.69, 9.17) is 0 Å². The molecule has 0 fully saturated rings. The van der Waals surface area contributed by atoms with Gasteiger partial charge in [-0.1, -0.05) is 67.6 Å². The Bertz CT molecular complexity index is 1280. The second-order valence-electron chi connectivity index (χ2n) is 7.39. The molecule has 0 saturated heterocycles. The van der Waals surface area contributed by atoms with Crippen LogP contribution in [0.1, 0.15) is 23.6 Å². The average molecular weight is 406 g/mol. The fourth-order valence-electron chi connectivity index (χ4n) is 3.63. The Labute approximate surface area is 182 Å². The van der Waals surface area contributed by atoms with Crippen molar-refractivity contribution in [3.05, 3.63) is 107 Å². The minimum atomic E-state index is -0.411. The maximum Gasteiger partial charge on any atom is 0.266 e. The summed E-state index contributed by atoms with van der Waals surface area (Å²) in [5, 5.41) is 13.5. The Hall–Kier alpha value is -4.10. The number of nitriles is 1. The van der Waals surface area contributed by atoms with Crippen molar-refractivity contribution in [1.82, 2.24) is 4.57 Å². The van der Waals surface area contributed by atoms with Gasteiger partial charge in [-0.2, -0.15) is 5.26 Å². The highest BCUT2D eigenvalue weighted by molar-refractivity contribution is 6.10. The van der Waals surface area contributed by atoms with E-state index in [9.17, 15) is 10.1 Å². The number of carbonyl (C=O) groups is 1. The van der Waals surface area contributed by atoms with E-state index in [0.717, 1.165) is 22.9 Å². The number of nitrogens with one attached hydrogen (secondary N) is 1. The molecule has 0 saturated carbocycles. The van der Waals surface area contributed by atoms with Gasteiger partial charge in [-0.3, -0.25) is 4.79 Å². The van der Waals surface area contributed by atoms with Gasteiger partial charge in [0.15, 0.2) is 0 Å². The minimum absolute atomic E-state index is 0.0715. The van der Waals surface area contributed by atoms with Crippen LogP contribution in [0.4, 0.5) is 5.69 Å². The Kier molecular flexibility index (Phi) is 5.96. The zero-order chi connectivity index (χ0) is 21.6. The molecule has 0 aliphatic heterocycles. The summed E-state index contributed by atoms with van der Waals surface area (Å²) in [6, 6.07) is 28.0. The lowest BCUT2D eigenvalue weighted by Gasteiger charge is -2.05. The molecule has 4 nitrogen and oxygen atoms in total. The lowest BCUT2D eigenvalue weighted by Crippen LogP contribution is -2.13. The molecule has 0 unspecified atom stereocenters. The van der Waals surface area contributed by atoms with Crippen LogP contribution >= 0.6 is 0 Å². The van der Waals surface area contributed by atoms with Crippen LogP contribution in [-0.4, -0.2) is 10.5 Å². The first-order valence-electron chi connectivity index (χ1n) is 10.3. The SMILES string of the molecule is CCc1ccc(NC(=O)C(C#N)=Cc2cn(Cc3ccccc3)c3ccccc23)cc1. The highest BCUT2D eigenvalue weighted by Gasteiger charge is 2.13. The normalized spacial score (nSPS) is 11.3. The van der Waals surface area contributed by atoms with Gasteiger partial charge in [0.25, 0.3) is 5.91 Å². The molecule has 4 aromatic rings. The Morgan fingerprint density at radius 1 is 0.968 bits per heavy atom. The molecule has 4 heteroatoms. The maximum atomic E-state index is 12.7. The van der Waals surface area contributed by atoms with Crippen LogP contribution in [0, 0.1) is 11.3 Å². The van der Waals surface area contributed by atoms with E-state index in [2.05, 4.69) is 41.1 Å². The summed E-state index contributed by atoms with van der Waals surface area (Å²) in [7, 11) is 0. The van der Waals surface area contributed by atoms with E-state index in [1.54, 1.807) is 6.08 Å². The molecule has 0 radical (unpaired) electrons. The first-order chi connectivity index (χ1) is 15.2. The molecule has 152 valence electrons. The number of hydrogen-bond acceptors (Lipinski definition) is 2. The predicted molar refractivity (Wildman–Crippen MR) is 126 cm³/mol. The summed E-state index contributed by atoms with van der Waals surface area (Å²) in [5.74, 6) is -0.411. The number of aryl methyl sites for hydroxylation is 1. The number of anilines is 1. The van der Waals surface area contributed by atoms with E-state index in [-0.39, 0.29) is 5.57 Å². The number of carbonyl (C=O) groups excluding carboxylic acids is 1. The number of hydrogen-bond donors (Lipinski definition) is 1. The molecule has 0 spiro atoms. The summed E-state index contributed by atoms with van der Waals surface area (Å²) in [4.78, 5) is 12.7. The summed E-state index contributed by atoms with van der Waals surface area (Å²) >= 11 is 0. The third-order valence-electron chi connectivity index (χ3n) is 5.30. The predicted octanol–water partition coefficient (Wildman–Crippen LogP) is 5.80. The molecule has 0 atom stereocenters. The van der Waals surface area contributed by atoms with Gasteiger partial charge >= 0.3 is 0 Å². The summed E-state index contributed by atoms with van der Waals surface area (Å²) in [6.45, 7) is 2.80. The maximum absolute atomic E-state index is 12.7. The number of amides is 1. The van der Waals surface area contributed by atoms with Gasteiger partial charge in [0.2, 0.25) is 0 Å². The van der Waals surface area contributed by atoms with Crippen molar-refractivity contribution in [1.29, 1.82) is 5.26 Å². The third kappa shape index (κ3) is 4.57. The quantitative estimate of drug-likeness (QED) is 0.326. The van der Waals surface area contributed by atoms with Crippen LogP contribution in [0.15, 0.2) is 90.6 Å². The number of fused-ring (bicyclic) bond motifs is 1. The lowest BCUT2D eigenvalue weighted by molar-refractivity contribution is -0.112. The monoisotopic (exact) mass is 405 g/mol. The fourth-order valence-corrected chi connectivity index (χ4v) is 3.63. The summed E-state index contributed by atoms with van der Waals surface area (Å²) < 4.78 is 2.15. The van der Waals surface area contributed by atoms with E-state index < -0.39 is 5.91 Å². The molecule has 0 aliphatic carbocycles. The van der Waals surface area contributed by atoms with Crippen molar-refractivity contribution >= 4 is 28.6 Å². The average Bonchev–Trinajstić information content (AvgIpc) is 3.15. The van der Waals surface area contributed by atoms with Crippen molar-refractivity contribution < 1.29 is 4.79 Å². The second-order valence-corrected chi connectivity index (χ2v) is 7.39. The van der Waals surface area contributed by atoms with Crippen LogP contribution < -0.4 is 5.32 Å². The lowest BCUT2D eigenvalue weighted by atomic mass is 10.1. The molecule has 1 aromatic heterocycles. The van der Waals surface area contributed by atoms with Gasteiger partial charge in [-0.15, -0.1) is 0 Å². The number of aromatic nitrogens is 1. The van der Waals surface area contributed by atoms with Gasteiger partial charge < -0.3 is 9.88 Å². The van der Waals surface area contributed by atoms with E-state index in [1.165, 1.54) is 11.1 Å². The van der Waals surface area contributed by atoms with Crippen molar-refractivity contribution in [3.63, 3.8) is 0 Å². The largest absolute Gasteiger partial charge is 0.342 e. The zero-order valence-corrected chi connectivity index (χ0v) is 17.4. The first kappa shape index (κ1) is 20.2. The highest BCUT2D eigenvalue weighted by Crippen LogP contribution is 2.25. The minimum Gasteiger partial charge on any atom is -0.342 e. The van der Waals surface area contributed by atoms with Gasteiger partial charge in [-0.25, -0.2) is 0 Å². The number of nitrogens with zero attached hydrogens (tertiary/aromatic N) is 2. The smallest absolute Gasteiger partial charge is 0.266 e. The molecule has 4 rings (SSSR count). The van der Waals surface area contributed by atoms with Crippen LogP contribution in [0.5, 0.6) is 0 Å². The van der Waals surface area contributed by atoms with Gasteiger partial charge in [0.1, 0.15) is 11.6 Å². The fraction of sp³-hybridized carbons (Fsp3) is 0.111. The Morgan fingerprint density at radius 3 is 2.39 bits per heavy atom. The summed E-state index contributed by atoms with van der Waals surface area (Å²) in [6.07, 6.45) is 4.60. The van der Waals surface area contributed by atoms with Crippen molar-refractivity contribution in [2.75, 3.05) is 5.32 Å². The van der Waals surface area contributed by atoms with Gasteiger partial charge in [-0.05, 0) is 41.8 Å². The van der Waals surface area contributed by atoms with Crippen LogP contribution in [-0.2, 0) is 17.8 Å². The van der Waals surface area contributed by atoms with Gasteiger partial charge in [0, 0.05) is 34.9 Å². The standard InChI is InChI=1S/C27H23N3O/c1-2-20-12-14-24(15-13-20)29-27(31)22(17-28)16-23-19-30(18-21-8-4-3-5-9-21)26-11-7-6-10-25(23)26/h3-16,19H,2,18H2,1H3,(H,29,31). The van der Waals surface area contributed by atoms with Crippen molar-refractivity contribution in [3.8, 4) is 6.07 Å². The molecular formula is C27H23N3O. The molecule has 3 aromatic carbocycles. The molecule has 0 bridgehead atoms. The van der Waals surface area contributed by atoms with Crippen molar-refractivity contribution in [2.45, 2.75) is 19.9 Å². The highest BCUT2D eigenvalue weighted by atomic mass is 16.1. The van der Waals surface area contributed by atoms with E-state index >= 15 is 0 Å². The number of benzene rings is 3. The zero-order valence-electron chi connectivity index (χ0n) is 17.4.